The average molecular weight is 304 g/mol. The highest BCUT2D eigenvalue weighted by Gasteiger charge is 2.09. The number of aromatic amines is 1. The molecular weight excluding hydrogens is 290 g/mol. The summed E-state index contributed by atoms with van der Waals surface area (Å²) < 4.78 is 5.17. The lowest BCUT2D eigenvalue weighted by Gasteiger charge is -2.03. The minimum absolute atomic E-state index is 0.750. The van der Waals surface area contributed by atoms with E-state index in [9.17, 15) is 0 Å². The van der Waals surface area contributed by atoms with Crippen molar-refractivity contribution in [2.24, 2.45) is 0 Å². The van der Waals surface area contributed by atoms with E-state index in [0.29, 0.717) is 0 Å². The monoisotopic (exact) mass is 303 g/mol. The van der Waals surface area contributed by atoms with Gasteiger partial charge in [0.15, 0.2) is 0 Å². The Bertz CT molecular complexity index is 749. The van der Waals surface area contributed by atoms with Gasteiger partial charge in [0.05, 0.1) is 12.1 Å². The second-order valence-corrected chi connectivity index (χ2v) is 6.07. The van der Waals surface area contributed by atoms with Crippen LogP contribution >= 0.6 is 23.4 Å². The Balaban J connectivity index is 1.95. The molecule has 1 aromatic heterocycles. The summed E-state index contributed by atoms with van der Waals surface area (Å²) in [5.74, 6) is 0.870. The van der Waals surface area contributed by atoms with Crippen LogP contribution in [0.15, 0.2) is 52.4 Å². The predicted molar refractivity (Wildman–Crippen MR) is 85.2 cm³/mol. The molecule has 0 unspecified atom stereocenters. The maximum absolute atomic E-state index is 6.03. The lowest BCUT2D eigenvalue weighted by molar-refractivity contribution is 0.414. The van der Waals surface area contributed by atoms with Crippen LogP contribution in [0.1, 0.15) is 5.56 Å². The molecule has 0 amide bonds. The Morgan fingerprint density at radius 1 is 1.10 bits per heavy atom. The van der Waals surface area contributed by atoms with E-state index in [1.807, 2.05) is 24.3 Å². The van der Waals surface area contributed by atoms with E-state index in [2.05, 4.69) is 30.1 Å². The highest BCUT2D eigenvalue weighted by Crippen LogP contribution is 2.35. The fraction of sp³-hybridized carbons (Fsp3) is 0.125. The quantitative estimate of drug-likeness (QED) is 0.711. The molecule has 4 heteroatoms. The first-order chi connectivity index (χ1) is 9.67. The van der Waals surface area contributed by atoms with E-state index in [1.165, 1.54) is 15.8 Å². The van der Waals surface area contributed by atoms with Crippen molar-refractivity contribution in [2.45, 2.75) is 16.8 Å². The third kappa shape index (κ3) is 2.51. The lowest BCUT2D eigenvalue weighted by Crippen LogP contribution is -1.81. The Hall–Kier alpha value is -1.58. The Labute approximate surface area is 127 Å². The van der Waals surface area contributed by atoms with Crippen LogP contribution in [0.4, 0.5) is 0 Å². The SMILES string of the molecule is COc1ccc(Sc2[nH]c3cc(Cl)ccc3c2C)cc1. The zero-order valence-electron chi connectivity index (χ0n) is 11.2. The molecule has 0 atom stereocenters. The van der Waals surface area contributed by atoms with Gasteiger partial charge in [-0.3, -0.25) is 0 Å². The molecule has 0 aliphatic heterocycles. The van der Waals surface area contributed by atoms with Gasteiger partial charge in [0, 0.05) is 20.8 Å². The first kappa shape index (κ1) is 13.4. The number of methoxy groups -OCH3 is 1. The van der Waals surface area contributed by atoms with Crippen LogP contribution in [-0.4, -0.2) is 12.1 Å². The van der Waals surface area contributed by atoms with Crippen LogP contribution in [0.5, 0.6) is 5.75 Å². The molecule has 0 bridgehead atoms. The number of H-pyrrole nitrogens is 1. The average Bonchev–Trinajstić information content (AvgIpc) is 2.75. The summed E-state index contributed by atoms with van der Waals surface area (Å²) in [6.07, 6.45) is 0. The molecule has 0 saturated heterocycles. The molecular formula is C16H14ClNOS. The van der Waals surface area contributed by atoms with Crippen LogP contribution in [-0.2, 0) is 0 Å². The van der Waals surface area contributed by atoms with Gasteiger partial charge in [0.25, 0.3) is 0 Å². The molecule has 0 fully saturated rings. The number of nitrogens with one attached hydrogen (secondary N) is 1. The molecule has 102 valence electrons. The second-order valence-electron chi connectivity index (χ2n) is 4.55. The summed E-state index contributed by atoms with van der Waals surface area (Å²) in [4.78, 5) is 4.60. The van der Waals surface area contributed by atoms with Crippen molar-refractivity contribution in [2.75, 3.05) is 7.11 Å². The van der Waals surface area contributed by atoms with E-state index >= 15 is 0 Å². The molecule has 3 rings (SSSR count). The van der Waals surface area contributed by atoms with E-state index in [-0.39, 0.29) is 0 Å². The van der Waals surface area contributed by atoms with E-state index in [4.69, 9.17) is 16.3 Å². The van der Waals surface area contributed by atoms with Crippen LogP contribution in [0.3, 0.4) is 0 Å². The summed E-state index contributed by atoms with van der Waals surface area (Å²) >= 11 is 7.74. The fourth-order valence-electron chi connectivity index (χ4n) is 2.15. The molecule has 0 spiro atoms. The van der Waals surface area contributed by atoms with Gasteiger partial charge < -0.3 is 9.72 Å². The molecule has 20 heavy (non-hydrogen) atoms. The van der Waals surface area contributed by atoms with Crippen LogP contribution in [0.25, 0.3) is 10.9 Å². The van der Waals surface area contributed by atoms with Gasteiger partial charge in [-0.15, -0.1) is 0 Å². The predicted octanol–water partition coefficient (Wildman–Crippen LogP) is 5.29. The summed E-state index contributed by atoms with van der Waals surface area (Å²) in [5.41, 5.74) is 2.32. The number of ether oxygens (including phenoxy) is 1. The van der Waals surface area contributed by atoms with Crippen molar-refractivity contribution in [1.29, 1.82) is 0 Å². The van der Waals surface area contributed by atoms with Crippen molar-refractivity contribution < 1.29 is 4.74 Å². The van der Waals surface area contributed by atoms with Gasteiger partial charge in [-0.2, -0.15) is 0 Å². The summed E-state index contributed by atoms with van der Waals surface area (Å²) in [6, 6.07) is 14.0. The van der Waals surface area contributed by atoms with Gasteiger partial charge in [0.1, 0.15) is 5.75 Å². The number of aryl methyl sites for hydroxylation is 1. The molecule has 2 nitrogen and oxygen atoms in total. The van der Waals surface area contributed by atoms with E-state index < -0.39 is 0 Å². The normalized spacial score (nSPS) is 10.9. The zero-order valence-corrected chi connectivity index (χ0v) is 12.8. The molecule has 0 saturated carbocycles. The van der Waals surface area contributed by atoms with Gasteiger partial charge in [-0.05, 0) is 48.9 Å². The maximum Gasteiger partial charge on any atom is 0.118 e. The van der Waals surface area contributed by atoms with E-state index in [0.717, 1.165) is 21.3 Å². The van der Waals surface area contributed by atoms with Crippen molar-refractivity contribution >= 4 is 34.3 Å². The standard InChI is InChI=1S/C16H14ClNOS/c1-10-14-8-3-11(17)9-15(14)18-16(10)20-13-6-4-12(19-2)5-7-13/h3-9,18H,1-2H3. The lowest BCUT2D eigenvalue weighted by atomic mass is 10.2. The minimum Gasteiger partial charge on any atom is -0.497 e. The molecule has 0 aliphatic rings. The second kappa shape index (κ2) is 5.43. The van der Waals surface area contributed by atoms with Gasteiger partial charge in [-0.25, -0.2) is 0 Å². The highest BCUT2D eigenvalue weighted by molar-refractivity contribution is 7.99. The molecule has 1 N–H and O–H groups in total. The van der Waals surface area contributed by atoms with Crippen molar-refractivity contribution in [3.63, 3.8) is 0 Å². The van der Waals surface area contributed by atoms with Crippen LogP contribution < -0.4 is 4.74 Å². The third-order valence-electron chi connectivity index (χ3n) is 3.25. The van der Waals surface area contributed by atoms with E-state index in [1.54, 1.807) is 18.9 Å². The van der Waals surface area contributed by atoms with Crippen molar-refractivity contribution in [3.05, 3.63) is 53.1 Å². The third-order valence-corrected chi connectivity index (χ3v) is 4.61. The Morgan fingerprint density at radius 3 is 2.55 bits per heavy atom. The first-order valence-electron chi connectivity index (χ1n) is 6.27. The maximum atomic E-state index is 6.03. The molecule has 3 aromatic rings. The van der Waals surface area contributed by atoms with Gasteiger partial charge >= 0.3 is 0 Å². The smallest absolute Gasteiger partial charge is 0.118 e. The minimum atomic E-state index is 0.750. The van der Waals surface area contributed by atoms with Crippen molar-refractivity contribution in [1.82, 2.24) is 4.98 Å². The molecule has 0 radical (unpaired) electrons. The van der Waals surface area contributed by atoms with Crippen LogP contribution in [0, 0.1) is 6.92 Å². The molecule has 0 aliphatic carbocycles. The Kier molecular flexibility index (Phi) is 3.64. The Morgan fingerprint density at radius 2 is 1.85 bits per heavy atom. The molecule has 1 heterocycles. The van der Waals surface area contributed by atoms with Gasteiger partial charge in [0.2, 0.25) is 0 Å². The number of hydrogen-bond donors (Lipinski definition) is 1. The summed E-state index contributed by atoms with van der Waals surface area (Å²) in [7, 11) is 1.67. The fourth-order valence-corrected chi connectivity index (χ4v) is 3.25. The molecule has 2 aromatic carbocycles. The first-order valence-corrected chi connectivity index (χ1v) is 7.46. The number of fused-ring (bicyclic) bond motifs is 1. The number of halogens is 1. The number of rotatable bonds is 3. The van der Waals surface area contributed by atoms with Gasteiger partial charge in [-0.1, -0.05) is 29.4 Å². The summed E-state index contributed by atoms with van der Waals surface area (Å²) in [5, 5.41) is 3.11. The summed E-state index contributed by atoms with van der Waals surface area (Å²) in [6.45, 7) is 2.12. The topological polar surface area (TPSA) is 25.0 Å². The van der Waals surface area contributed by atoms with Crippen LogP contribution in [0.2, 0.25) is 5.02 Å². The number of aromatic nitrogens is 1. The van der Waals surface area contributed by atoms with Crippen molar-refractivity contribution in [3.8, 4) is 5.75 Å². The highest BCUT2D eigenvalue weighted by atomic mass is 35.5. The largest absolute Gasteiger partial charge is 0.497 e. The number of benzene rings is 2. The zero-order chi connectivity index (χ0) is 14.1. The number of hydrogen-bond acceptors (Lipinski definition) is 2.